The summed E-state index contributed by atoms with van der Waals surface area (Å²) in [5.74, 6) is 3.54. The third kappa shape index (κ3) is 2.26. The van der Waals surface area contributed by atoms with Gasteiger partial charge in [-0.2, -0.15) is 5.10 Å². The van der Waals surface area contributed by atoms with Crippen LogP contribution in [0.25, 0.3) is 11.1 Å². The summed E-state index contributed by atoms with van der Waals surface area (Å²) in [6.45, 7) is 6.00. The molecule has 130 valence electrons. The lowest BCUT2D eigenvalue weighted by Gasteiger charge is -2.22. The fourth-order valence-corrected chi connectivity index (χ4v) is 5.79. The summed E-state index contributed by atoms with van der Waals surface area (Å²) in [7, 11) is 0. The lowest BCUT2D eigenvalue weighted by atomic mass is 9.82. The van der Waals surface area contributed by atoms with Gasteiger partial charge in [0, 0.05) is 29.9 Å². The van der Waals surface area contributed by atoms with E-state index in [0.717, 1.165) is 64.8 Å². The van der Waals surface area contributed by atoms with Crippen molar-refractivity contribution in [1.82, 2.24) is 15.1 Å². The van der Waals surface area contributed by atoms with Crippen molar-refractivity contribution in [1.29, 1.82) is 0 Å². The van der Waals surface area contributed by atoms with Crippen molar-refractivity contribution in [3.8, 4) is 11.1 Å². The van der Waals surface area contributed by atoms with Gasteiger partial charge < -0.3 is 4.90 Å². The first-order valence-electron chi connectivity index (χ1n) is 9.53. The van der Waals surface area contributed by atoms with E-state index < -0.39 is 0 Å². The zero-order valence-corrected chi connectivity index (χ0v) is 15.0. The Balaban J connectivity index is 1.35. The summed E-state index contributed by atoms with van der Waals surface area (Å²) >= 11 is 0. The number of carbonyl (C=O) groups is 1. The van der Waals surface area contributed by atoms with Crippen molar-refractivity contribution in [2.75, 3.05) is 13.1 Å². The number of aromatic nitrogens is 2. The van der Waals surface area contributed by atoms with E-state index in [9.17, 15) is 4.79 Å². The average Bonchev–Trinajstić information content (AvgIpc) is 3.36. The summed E-state index contributed by atoms with van der Waals surface area (Å²) in [5.41, 5.74) is 5.15. The Bertz CT molecular complexity index is 785. The molecule has 1 aromatic carbocycles. The van der Waals surface area contributed by atoms with Crippen LogP contribution in [0.4, 0.5) is 0 Å². The Morgan fingerprint density at radius 1 is 1.08 bits per heavy atom. The molecule has 1 aliphatic heterocycles. The Hall–Kier alpha value is -2.10. The molecule has 2 aliphatic carbocycles. The van der Waals surface area contributed by atoms with Crippen LogP contribution in [0.15, 0.2) is 24.3 Å². The van der Waals surface area contributed by atoms with Gasteiger partial charge in [0.15, 0.2) is 0 Å². The number of fused-ring (bicyclic) bond motifs is 5. The van der Waals surface area contributed by atoms with Crippen LogP contribution < -0.4 is 0 Å². The smallest absolute Gasteiger partial charge is 0.253 e. The Morgan fingerprint density at radius 3 is 2.28 bits per heavy atom. The average molecular weight is 335 g/mol. The molecule has 0 unspecified atom stereocenters. The summed E-state index contributed by atoms with van der Waals surface area (Å²) in [4.78, 5) is 15.1. The maximum absolute atomic E-state index is 13.0. The topological polar surface area (TPSA) is 49.0 Å². The molecule has 1 amide bonds. The SMILES string of the molecule is Cc1n[nH]c(C)c1-c1ccc(C(=O)N2C[C@@H]3[C@@H]4CC[C@@H](C4)[C@@H]3C2)cc1. The first-order chi connectivity index (χ1) is 12.1. The van der Waals surface area contributed by atoms with Crippen molar-refractivity contribution < 1.29 is 4.79 Å². The molecule has 0 radical (unpaired) electrons. The van der Waals surface area contributed by atoms with Crippen molar-refractivity contribution in [3.05, 3.63) is 41.2 Å². The minimum absolute atomic E-state index is 0.209. The number of likely N-dealkylation sites (tertiary alicyclic amines) is 1. The largest absolute Gasteiger partial charge is 0.338 e. The molecule has 5 rings (SSSR count). The summed E-state index contributed by atoms with van der Waals surface area (Å²) in [5, 5.41) is 7.29. The number of amides is 1. The van der Waals surface area contributed by atoms with E-state index in [1.165, 1.54) is 19.3 Å². The molecule has 2 aromatic rings. The number of hydrogen-bond donors (Lipinski definition) is 1. The molecule has 1 N–H and O–H groups in total. The van der Waals surface area contributed by atoms with Crippen molar-refractivity contribution in [2.24, 2.45) is 23.7 Å². The van der Waals surface area contributed by atoms with Gasteiger partial charge >= 0.3 is 0 Å². The van der Waals surface area contributed by atoms with Gasteiger partial charge in [-0.05, 0) is 74.5 Å². The van der Waals surface area contributed by atoms with Crippen LogP contribution in [0.2, 0.25) is 0 Å². The van der Waals surface area contributed by atoms with Crippen molar-refractivity contribution in [2.45, 2.75) is 33.1 Å². The minimum atomic E-state index is 0.209. The molecule has 3 aliphatic rings. The lowest BCUT2D eigenvalue weighted by molar-refractivity contribution is 0.0776. The number of nitrogens with zero attached hydrogens (tertiary/aromatic N) is 2. The number of aryl methyl sites for hydroxylation is 2. The summed E-state index contributed by atoms with van der Waals surface area (Å²) in [6.07, 6.45) is 4.22. The number of nitrogens with one attached hydrogen (secondary N) is 1. The standard InChI is InChI=1S/C21H25N3O/c1-12-20(13(2)23-22-12)14-3-5-15(6-4-14)21(25)24-10-18-16-7-8-17(9-16)19(18)11-24/h3-6,16-19H,7-11H2,1-2H3,(H,22,23)/t16-,17+,18-,19+. The van der Waals surface area contributed by atoms with E-state index in [-0.39, 0.29) is 5.91 Å². The summed E-state index contributed by atoms with van der Waals surface area (Å²) in [6, 6.07) is 8.07. The Kier molecular flexibility index (Phi) is 3.31. The van der Waals surface area contributed by atoms with Crippen LogP contribution in [0.3, 0.4) is 0 Å². The first kappa shape index (κ1) is 15.2. The molecule has 2 saturated carbocycles. The second-order valence-corrected chi connectivity index (χ2v) is 8.26. The fraction of sp³-hybridized carbons (Fsp3) is 0.524. The van der Waals surface area contributed by atoms with Crippen LogP contribution in [-0.2, 0) is 0 Å². The molecule has 4 atom stereocenters. The lowest BCUT2D eigenvalue weighted by Crippen LogP contribution is -2.30. The van der Waals surface area contributed by atoms with Gasteiger partial charge in [0.05, 0.1) is 5.69 Å². The zero-order valence-electron chi connectivity index (χ0n) is 15.0. The maximum Gasteiger partial charge on any atom is 0.253 e. The zero-order chi connectivity index (χ0) is 17.1. The second kappa shape index (κ2) is 5.45. The first-order valence-corrected chi connectivity index (χ1v) is 9.53. The van der Waals surface area contributed by atoms with Gasteiger partial charge in [0.2, 0.25) is 0 Å². The number of rotatable bonds is 2. The molecule has 4 nitrogen and oxygen atoms in total. The quantitative estimate of drug-likeness (QED) is 0.907. The van der Waals surface area contributed by atoms with E-state index in [2.05, 4.69) is 27.2 Å². The van der Waals surface area contributed by atoms with E-state index in [4.69, 9.17) is 0 Å². The van der Waals surface area contributed by atoms with Gasteiger partial charge in [-0.1, -0.05) is 12.1 Å². The van der Waals surface area contributed by atoms with Gasteiger partial charge in [0.1, 0.15) is 0 Å². The van der Waals surface area contributed by atoms with Gasteiger partial charge in [-0.3, -0.25) is 9.89 Å². The van der Waals surface area contributed by atoms with Crippen LogP contribution in [-0.4, -0.2) is 34.1 Å². The molecular formula is C21H25N3O. The minimum Gasteiger partial charge on any atom is -0.338 e. The molecule has 2 heterocycles. The number of H-pyrrole nitrogens is 1. The van der Waals surface area contributed by atoms with Crippen LogP contribution in [0.5, 0.6) is 0 Å². The van der Waals surface area contributed by atoms with E-state index in [0.29, 0.717) is 0 Å². The van der Waals surface area contributed by atoms with E-state index in [1.807, 2.05) is 26.0 Å². The van der Waals surface area contributed by atoms with Crippen LogP contribution in [0.1, 0.15) is 41.0 Å². The number of aromatic amines is 1. The Morgan fingerprint density at radius 2 is 1.72 bits per heavy atom. The van der Waals surface area contributed by atoms with Crippen molar-refractivity contribution >= 4 is 5.91 Å². The second-order valence-electron chi connectivity index (χ2n) is 8.26. The number of benzene rings is 1. The molecule has 0 spiro atoms. The van der Waals surface area contributed by atoms with Gasteiger partial charge in [0.25, 0.3) is 5.91 Å². The molecule has 1 aromatic heterocycles. The molecule has 1 saturated heterocycles. The molecule has 2 bridgehead atoms. The molecular weight excluding hydrogens is 310 g/mol. The van der Waals surface area contributed by atoms with E-state index >= 15 is 0 Å². The Labute approximate surface area is 148 Å². The highest BCUT2D eigenvalue weighted by Gasteiger charge is 2.52. The highest BCUT2D eigenvalue weighted by Crippen LogP contribution is 2.55. The molecule has 4 heteroatoms. The van der Waals surface area contributed by atoms with Gasteiger partial charge in [-0.15, -0.1) is 0 Å². The predicted molar refractivity (Wildman–Crippen MR) is 97.2 cm³/mol. The van der Waals surface area contributed by atoms with Crippen LogP contribution >= 0.6 is 0 Å². The highest BCUT2D eigenvalue weighted by atomic mass is 16.2. The third-order valence-corrected chi connectivity index (χ3v) is 6.97. The number of hydrogen-bond acceptors (Lipinski definition) is 2. The van der Waals surface area contributed by atoms with Gasteiger partial charge in [-0.25, -0.2) is 0 Å². The fourth-order valence-electron chi connectivity index (χ4n) is 5.79. The third-order valence-electron chi connectivity index (χ3n) is 6.97. The molecule has 3 fully saturated rings. The maximum atomic E-state index is 13.0. The van der Waals surface area contributed by atoms with Crippen LogP contribution in [0, 0.1) is 37.5 Å². The normalized spacial score (nSPS) is 30.1. The van der Waals surface area contributed by atoms with Crippen molar-refractivity contribution in [3.63, 3.8) is 0 Å². The predicted octanol–water partition coefficient (Wildman–Crippen LogP) is 3.81. The number of carbonyl (C=O) groups excluding carboxylic acids is 1. The monoisotopic (exact) mass is 335 g/mol. The molecule has 25 heavy (non-hydrogen) atoms. The highest BCUT2D eigenvalue weighted by molar-refractivity contribution is 5.95. The summed E-state index contributed by atoms with van der Waals surface area (Å²) < 4.78 is 0. The van der Waals surface area contributed by atoms with E-state index in [1.54, 1.807) is 0 Å².